The Kier molecular flexibility index (Phi) is 7.86. The van der Waals surface area contributed by atoms with Crippen LogP contribution in [0.15, 0.2) is 0 Å². The van der Waals surface area contributed by atoms with Crippen molar-refractivity contribution >= 4 is 11.8 Å². The van der Waals surface area contributed by atoms with E-state index in [-0.39, 0.29) is 5.91 Å². The van der Waals surface area contributed by atoms with Crippen LogP contribution in [0.25, 0.3) is 0 Å². The van der Waals surface area contributed by atoms with Gasteiger partial charge in [0.2, 0.25) is 11.8 Å². The summed E-state index contributed by atoms with van der Waals surface area (Å²) < 4.78 is 0. The van der Waals surface area contributed by atoms with Crippen LogP contribution in [0.1, 0.15) is 58.3 Å². The van der Waals surface area contributed by atoms with Gasteiger partial charge in [-0.1, -0.05) is 32.1 Å². The Morgan fingerprint density at radius 3 is 2.39 bits per heavy atom. The van der Waals surface area contributed by atoms with Crippen LogP contribution in [0.5, 0.6) is 0 Å². The monoisotopic (exact) mass is 323 g/mol. The normalized spacial score (nSPS) is 20.5. The number of piperazine rings is 1. The number of carbonyl (C=O) groups excluding carboxylic acids is 2. The molecule has 1 saturated heterocycles. The van der Waals surface area contributed by atoms with Crippen LogP contribution in [0, 0.1) is 5.92 Å². The molecule has 0 aromatic carbocycles. The van der Waals surface area contributed by atoms with E-state index in [1.165, 1.54) is 38.5 Å². The average molecular weight is 323 g/mol. The third-order valence-corrected chi connectivity index (χ3v) is 5.19. The molecule has 0 bridgehead atoms. The third-order valence-electron chi connectivity index (χ3n) is 5.19. The maximum atomic E-state index is 12.3. The van der Waals surface area contributed by atoms with Gasteiger partial charge in [0.1, 0.15) is 0 Å². The maximum absolute atomic E-state index is 12.3. The molecule has 0 spiro atoms. The smallest absolute Gasteiger partial charge is 0.234 e. The molecule has 0 atom stereocenters. The highest BCUT2D eigenvalue weighted by Crippen LogP contribution is 2.27. The van der Waals surface area contributed by atoms with E-state index in [0.717, 1.165) is 38.5 Å². The first-order valence-corrected chi connectivity index (χ1v) is 9.46. The minimum atomic E-state index is 0.0831. The van der Waals surface area contributed by atoms with Crippen LogP contribution in [-0.2, 0) is 9.59 Å². The zero-order valence-corrected chi connectivity index (χ0v) is 14.7. The van der Waals surface area contributed by atoms with E-state index in [9.17, 15) is 9.59 Å². The molecule has 1 aliphatic carbocycles. The molecule has 1 N–H and O–H groups in total. The van der Waals surface area contributed by atoms with Crippen molar-refractivity contribution in [3.05, 3.63) is 0 Å². The minimum Gasteiger partial charge on any atom is -0.355 e. The van der Waals surface area contributed by atoms with Gasteiger partial charge in [-0.15, -0.1) is 0 Å². The summed E-state index contributed by atoms with van der Waals surface area (Å²) in [4.78, 5) is 28.0. The first-order valence-electron chi connectivity index (χ1n) is 9.46. The Labute approximate surface area is 140 Å². The fraction of sp³-hybridized carbons (Fsp3) is 0.889. The SMILES string of the molecule is CCNC(=O)CN1CCN(C(=O)CCCC2CCCCC2)CC1. The van der Waals surface area contributed by atoms with Crippen LogP contribution in [0.2, 0.25) is 0 Å². The Hall–Kier alpha value is -1.10. The molecule has 2 rings (SSSR count). The molecule has 23 heavy (non-hydrogen) atoms. The highest BCUT2D eigenvalue weighted by molar-refractivity contribution is 5.78. The van der Waals surface area contributed by atoms with Crippen molar-refractivity contribution in [3.8, 4) is 0 Å². The van der Waals surface area contributed by atoms with Crippen molar-refractivity contribution < 1.29 is 9.59 Å². The summed E-state index contributed by atoms with van der Waals surface area (Å²) >= 11 is 0. The van der Waals surface area contributed by atoms with Crippen molar-refractivity contribution in [2.24, 2.45) is 5.92 Å². The van der Waals surface area contributed by atoms with E-state index in [1.807, 2.05) is 11.8 Å². The molecule has 132 valence electrons. The van der Waals surface area contributed by atoms with Crippen LogP contribution >= 0.6 is 0 Å². The van der Waals surface area contributed by atoms with Crippen molar-refractivity contribution in [1.29, 1.82) is 0 Å². The highest BCUT2D eigenvalue weighted by Gasteiger charge is 2.22. The van der Waals surface area contributed by atoms with Gasteiger partial charge in [-0.3, -0.25) is 14.5 Å². The predicted molar refractivity (Wildman–Crippen MR) is 92.1 cm³/mol. The number of hydrogen-bond acceptors (Lipinski definition) is 3. The van der Waals surface area contributed by atoms with E-state index >= 15 is 0 Å². The second-order valence-corrected chi connectivity index (χ2v) is 7.01. The van der Waals surface area contributed by atoms with Gasteiger partial charge in [-0.2, -0.15) is 0 Å². The van der Waals surface area contributed by atoms with Crippen molar-refractivity contribution in [2.75, 3.05) is 39.3 Å². The summed E-state index contributed by atoms with van der Waals surface area (Å²) in [6, 6.07) is 0. The van der Waals surface area contributed by atoms with Gasteiger partial charge in [-0.05, 0) is 25.7 Å². The molecule has 0 unspecified atom stereocenters. The fourth-order valence-electron chi connectivity index (χ4n) is 3.79. The van der Waals surface area contributed by atoms with E-state index in [1.54, 1.807) is 0 Å². The van der Waals surface area contributed by atoms with Gasteiger partial charge in [0.05, 0.1) is 6.54 Å². The lowest BCUT2D eigenvalue weighted by Crippen LogP contribution is -2.51. The number of amides is 2. The standard InChI is InChI=1S/C18H33N3O2/c1-2-19-17(22)15-20-11-13-21(14-12-20)18(23)10-6-9-16-7-4-3-5-8-16/h16H,2-15H2,1H3,(H,19,22). The molecule has 2 fully saturated rings. The summed E-state index contributed by atoms with van der Waals surface area (Å²) in [5, 5.41) is 2.82. The molecule has 1 saturated carbocycles. The zero-order valence-electron chi connectivity index (χ0n) is 14.7. The molecule has 1 aliphatic heterocycles. The lowest BCUT2D eigenvalue weighted by atomic mass is 9.86. The number of likely N-dealkylation sites (N-methyl/N-ethyl adjacent to an activating group) is 1. The topological polar surface area (TPSA) is 52.7 Å². The van der Waals surface area contributed by atoms with Gasteiger partial charge >= 0.3 is 0 Å². The van der Waals surface area contributed by atoms with Crippen LogP contribution in [-0.4, -0.2) is 60.9 Å². The Morgan fingerprint density at radius 1 is 1.04 bits per heavy atom. The zero-order chi connectivity index (χ0) is 16.5. The average Bonchev–Trinajstić information content (AvgIpc) is 2.56. The Bertz CT molecular complexity index is 372. The Morgan fingerprint density at radius 2 is 1.74 bits per heavy atom. The molecule has 1 heterocycles. The molecule has 5 heteroatoms. The van der Waals surface area contributed by atoms with E-state index in [4.69, 9.17) is 0 Å². The van der Waals surface area contributed by atoms with Gasteiger partial charge in [0.25, 0.3) is 0 Å². The van der Waals surface area contributed by atoms with Gasteiger partial charge in [-0.25, -0.2) is 0 Å². The minimum absolute atomic E-state index is 0.0831. The predicted octanol–water partition coefficient (Wildman–Crippen LogP) is 2.02. The fourth-order valence-corrected chi connectivity index (χ4v) is 3.79. The molecular formula is C18H33N3O2. The number of nitrogens with zero attached hydrogens (tertiary/aromatic N) is 2. The molecule has 5 nitrogen and oxygen atoms in total. The molecule has 0 aromatic rings. The molecule has 0 aromatic heterocycles. The second kappa shape index (κ2) is 9.91. The number of nitrogens with one attached hydrogen (secondary N) is 1. The maximum Gasteiger partial charge on any atom is 0.234 e. The van der Waals surface area contributed by atoms with Gasteiger partial charge < -0.3 is 10.2 Å². The van der Waals surface area contributed by atoms with Gasteiger partial charge in [0, 0.05) is 39.1 Å². The summed E-state index contributed by atoms with van der Waals surface area (Å²) in [7, 11) is 0. The van der Waals surface area contributed by atoms with Crippen molar-refractivity contribution in [1.82, 2.24) is 15.1 Å². The van der Waals surface area contributed by atoms with Crippen LogP contribution < -0.4 is 5.32 Å². The van der Waals surface area contributed by atoms with Crippen LogP contribution in [0.3, 0.4) is 0 Å². The summed E-state index contributed by atoms with van der Waals surface area (Å²) in [5.41, 5.74) is 0. The van der Waals surface area contributed by atoms with E-state index in [0.29, 0.717) is 25.4 Å². The lowest BCUT2D eigenvalue weighted by molar-refractivity contribution is -0.133. The number of hydrogen-bond donors (Lipinski definition) is 1. The highest BCUT2D eigenvalue weighted by atomic mass is 16.2. The largest absolute Gasteiger partial charge is 0.355 e. The first-order chi connectivity index (χ1) is 11.2. The third kappa shape index (κ3) is 6.50. The van der Waals surface area contributed by atoms with Crippen molar-refractivity contribution in [2.45, 2.75) is 58.3 Å². The summed E-state index contributed by atoms with van der Waals surface area (Å²) in [6.45, 7) is 6.22. The van der Waals surface area contributed by atoms with Crippen LogP contribution in [0.4, 0.5) is 0 Å². The number of rotatable bonds is 7. The molecule has 0 radical (unpaired) electrons. The van der Waals surface area contributed by atoms with E-state index < -0.39 is 0 Å². The molecule has 2 amide bonds. The quantitative estimate of drug-likeness (QED) is 0.780. The first kappa shape index (κ1) is 18.2. The molecule has 2 aliphatic rings. The second-order valence-electron chi connectivity index (χ2n) is 7.01. The summed E-state index contributed by atoms with van der Waals surface area (Å²) in [6.07, 6.45) is 9.87. The van der Waals surface area contributed by atoms with Gasteiger partial charge in [0.15, 0.2) is 0 Å². The molecular weight excluding hydrogens is 290 g/mol. The van der Waals surface area contributed by atoms with Crippen molar-refractivity contribution in [3.63, 3.8) is 0 Å². The lowest BCUT2D eigenvalue weighted by Gasteiger charge is -2.34. The number of carbonyl (C=O) groups is 2. The summed E-state index contributed by atoms with van der Waals surface area (Å²) in [5.74, 6) is 1.25. The van der Waals surface area contributed by atoms with E-state index in [2.05, 4.69) is 10.2 Å². The Balaban J connectivity index is 1.58.